The first-order valence-corrected chi connectivity index (χ1v) is 10.0. The van der Waals surface area contributed by atoms with Gasteiger partial charge in [0.1, 0.15) is 0 Å². The summed E-state index contributed by atoms with van der Waals surface area (Å²) in [5.41, 5.74) is 5.82. The van der Waals surface area contributed by atoms with Gasteiger partial charge in [-0.05, 0) is 37.3 Å². The fourth-order valence-corrected chi connectivity index (χ4v) is 3.94. The third-order valence-corrected chi connectivity index (χ3v) is 5.58. The number of hydrogen-bond acceptors (Lipinski definition) is 3. The summed E-state index contributed by atoms with van der Waals surface area (Å²) in [7, 11) is 0. The van der Waals surface area contributed by atoms with Crippen molar-refractivity contribution in [2.45, 2.75) is 51.6 Å². The first-order chi connectivity index (χ1) is 13.6. The highest BCUT2D eigenvalue weighted by Crippen LogP contribution is 2.33. The predicted octanol–water partition coefficient (Wildman–Crippen LogP) is 4.54. The molecule has 3 aromatic rings. The highest BCUT2D eigenvalue weighted by Gasteiger charge is 2.29. The summed E-state index contributed by atoms with van der Waals surface area (Å²) in [4.78, 5) is 11.7. The molecule has 4 rings (SSSR count). The number of benzene rings is 2. The smallest absolute Gasteiger partial charge is 0.219 e. The molecule has 1 fully saturated rings. The molecular weight excluding hydrogens is 348 g/mol. The molecule has 28 heavy (non-hydrogen) atoms. The molecule has 1 amide bonds. The lowest BCUT2D eigenvalue weighted by molar-refractivity contribution is -0.121. The number of carbonyl (C=O) groups excluding carboxylic acids is 1. The van der Waals surface area contributed by atoms with Crippen LogP contribution in [0.3, 0.4) is 0 Å². The Bertz CT molecular complexity index is 943. The van der Waals surface area contributed by atoms with Gasteiger partial charge in [-0.25, -0.2) is 4.68 Å². The maximum absolute atomic E-state index is 11.7. The molecule has 1 N–H and O–H groups in total. The summed E-state index contributed by atoms with van der Waals surface area (Å²) in [6.07, 6.45) is 5.26. The summed E-state index contributed by atoms with van der Waals surface area (Å²) in [6.45, 7) is 3.99. The number of rotatable bonds is 5. The van der Waals surface area contributed by atoms with Crippen molar-refractivity contribution in [3.05, 3.63) is 60.3 Å². The largest absolute Gasteiger partial charge is 0.353 e. The van der Waals surface area contributed by atoms with E-state index in [0.29, 0.717) is 6.42 Å². The lowest BCUT2D eigenvalue weighted by Crippen LogP contribution is -2.32. The first kappa shape index (κ1) is 18.4. The Labute approximate surface area is 165 Å². The Hall–Kier alpha value is -2.95. The van der Waals surface area contributed by atoms with Crippen LogP contribution in [0.2, 0.25) is 0 Å². The van der Waals surface area contributed by atoms with Crippen molar-refractivity contribution in [1.29, 1.82) is 0 Å². The predicted molar refractivity (Wildman–Crippen MR) is 111 cm³/mol. The lowest BCUT2D eigenvalue weighted by atomic mass is 10.0. The molecule has 5 nitrogen and oxygen atoms in total. The fraction of sp³-hybridized carbons (Fsp3) is 0.348. The van der Waals surface area contributed by atoms with Gasteiger partial charge in [-0.2, -0.15) is 0 Å². The van der Waals surface area contributed by atoms with Gasteiger partial charge in [0, 0.05) is 18.0 Å². The average Bonchev–Trinajstić information content (AvgIpc) is 3.38. The Morgan fingerprint density at radius 1 is 1.04 bits per heavy atom. The van der Waals surface area contributed by atoms with Gasteiger partial charge in [0.2, 0.25) is 5.91 Å². The third-order valence-electron chi connectivity index (χ3n) is 5.58. The number of nitrogens with one attached hydrogen (secondary N) is 1. The molecule has 0 unspecified atom stereocenters. The third kappa shape index (κ3) is 3.84. The molecule has 0 saturated heterocycles. The van der Waals surface area contributed by atoms with Gasteiger partial charge in [0.15, 0.2) is 0 Å². The van der Waals surface area contributed by atoms with Crippen molar-refractivity contribution in [2.75, 3.05) is 0 Å². The van der Waals surface area contributed by atoms with Crippen molar-refractivity contribution in [2.24, 2.45) is 0 Å². The topological polar surface area (TPSA) is 59.8 Å². The maximum atomic E-state index is 11.7. The molecule has 144 valence electrons. The van der Waals surface area contributed by atoms with E-state index in [4.69, 9.17) is 0 Å². The molecule has 1 aromatic heterocycles. The fourth-order valence-electron chi connectivity index (χ4n) is 3.94. The molecule has 0 aliphatic heterocycles. The van der Waals surface area contributed by atoms with E-state index in [2.05, 4.69) is 71.1 Å². The Morgan fingerprint density at radius 3 is 2.36 bits per heavy atom. The number of hydrogen-bond donors (Lipinski definition) is 1. The van der Waals surface area contributed by atoms with E-state index in [-0.39, 0.29) is 18.0 Å². The van der Waals surface area contributed by atoms with Crippen LogP contribution in [0.5, 0.6) is 0 Å². The number of aromatic nitrogens is 3. The summed E-state index contributed by atoms with van der Waals surface area (Å²) >= 11 is 0. The Balaban J connectivity index is 1.51. The van der Waals surface area contributed by atoms with Crippen molar-refractivity contribution >= 4 is 5.91 Å². The average molecular weight is 374 g/mol. The second-order valence-corrected chi connectivity index (χ2v) is 7.59. The lowest BCUT2D eigenvalue weighted by Gasteiger charge is -2.15. The molecule has 1 saturated carbocycles. The van der Waals surface area contributed by atoms with Crippen LogP contribution in [0.1, 0.15) is 44.2 Å². The molecular formula is C23H26N4O. The maximum Gasteiger partial charge on any atom is 0.219 e. The minimum atomic E-state index is 0.121. The van der Waals surface area contributed by atoms with E-state index < -0.39 is 0 Å². The van der Waals surface area contributed by atoms with Crippen LogP contribution in [0.15, 0.2) is 54.7 Å². The highest BCUT2D eigenvalue weighted by molar-refractivity contribution is 5.75. The first-order valence-electron chi connectivity index (χ1n) is 10.0. The van der Waals surface area contributed by atoms with Crippen molar-refractivity contribution in [1.82, 2.24) is 20.3 Å². The zero-order chi connectivity index (χ0) is 19.5. The number of aryl methyl sites for hydroxylation is 1. The summed E-state index contributed by atoms with van der Waals surface area (Å²) in [5.74, 6) is 0.121. The highest BCUT2D eigenvalue weighted by atomic mass is 16.1. The van der Waals surface area contributed by atoms with Crippen LogP contribution in [-0.4, -0.2) is 26.9 Å². The van der Waals surface area contributed by atoms with Gasteiger partial charge in [-0.3, -0.25) is 4.79 Å². The van der Waals surface area contributed by atoms with Gasteiger partial charge in [0.25, 0.3) is 0 Å². The second kappa shape index (κ2) is 7.97. The normalized spacial score (nSPS) is 18.9. The standard InChI is InChI=1S/C23H26N4O/c1-3-23(28)25-20-12-13-21(14-20)27-22(15-24-26-27)19-10-8-18(9-11-19)17-6-4-16(2)5-7-17/h4-11,15,20-21H,3,12-14H2,1-2H3,(H,25,28)/t20-,21+/m0/s1. The zero-order valence-corrected chi connectivity index (χ0v) is 16.4. The summed E-state index contributed by atoms with van der Waals surface area (Å²) in [5, 5.41) is 11.6. The van der Waals surface area contributed by atoms with Crippen LogP contribution < -0.4 is 5.32 Å². The minimum absolute atomic E-state index is 0.121. The van der Waals surface area contributed by atoms with Crippen LogP contribution in [-0.2, 0) is 4.79 Å². The van der Waals surface area contributed by atoms with Crippen LogP contribution >= 0.6 is 0 Å². The van der Waals surface area contributed by atoms with Crippen molar-refractivity contribution < 1.29 is 4.79 Å². The van der Waals surface area contributed by atoms with E-state index in [9.17, 15) is 4.79 Å². The monoisotopic (exact) mass is 374 g/mol. The van der Waals surface area contributed by atoms with Crippen LogP contribution in [0, 0.1) is 6.92 Å². The van der Waals surface area contributed by atoms with Gasteiger partial charge in [-0.15, -0.1) is 5.10 Å². The summed E-state index contributed by atoms with van der Waals surface area (Å²) < 4.78 is 2.03. The summed E-state index contributed by atoms with van der Waals surface area (Å²) in [6, 6.07) is 17.7. The van der Waals surface area contributed by atoms with Gasteiger partial charge >= 0.3 is 0 Å². The molecule has 5 heteroatoms. The van der Waals surface area contributed by atoms with Crippen LogP contribution in [0.4, 0.5) is 0 Å². The van der Waals surface area contributed by atoms with Crippen molar-refractivity contribution in [3.8, 4) is 22.4 Å². The molecule has 1 aliphatic rings. The number of nitrogens with zero attached hydrogens (tertiary/aromatic N) is 3. The van der Waals surface area contributed by atoms with Crippen molar-refractivity contribution in [3.63, 3.8) is 0 Å². The van der Waals surface area contributed by atoms with E-state index in [1.54, 1.807) is 0 Å². The second-order valence-electron chi connectivity index (χ2n) is 7.59. The Kier molecular flexibility index (Phi) is 5.24. The van der Waals surface area contributed by atoms with E-state index in [0.717, 1.165) is 30.5 Å². The van der Waals surface area contributed by atoms with Gasteiger partial charge in [-0.1, -0.05) is 66.2 Å². The molecule has 0 bridgehead atoms. The number of amides is 1. The minimum Gasteiger partial charge on any atom is -0.353 e. The molecule has 1 aliphatic carbocycles. The van der Waals surface area contributed by atoms with E-state index in [1.165, 1.54) is 16.7 Å². The SMILES string of the molecule is CCC(=O)N[C@H]1CC[C@@H](n2nncc2-c2ccc(-c3ccc(C)cc3)cc2)C1. The van der Waals surface area contributed by atoms with E-state index in [1.807, 2.05) is 17.8 Å². The molecule has 0 spiro atoms. The Morgan fingerprint density at radius 2 is 1.68 bits per heavy atom. The number of carbonyl (C=O) groups is 1. The van der Waals surface area contributed by atoms with Crippen LogP contribution in [0.25, 0.3) is 22.4 Å². The quantitative estimate of drug-likeness (QED) is 0.713. The van der Waals surface area contributed by atoms with E-state index >= 15 is 0 Å². The zero-order valence-electron chi connectivity index (χ0n) is 16.4. The molecule has 0 radical (unpaired) electrons. The molecule has 2 atom stereocenters. The van der Waals surface area contributed by atoms with Gasteiger partial charge < -0.3 is 5.32 Å². The van der Waals surface area contributed by atoms with Gasteiger partial charge in [0.05, 0.1) is 17.9 Å². The molecule has 1 heterocycles. The molecule has 2 aromatic carbocycles.